The molecule has 0 saturated heterocycles. The van der Waals surface area contributed by atoms with Crippen molar-refractivity contribution in [2.24, 2.45) is 11.8 Å². The SMILES string of the molecule is CCCCC(CCCCCCCCCCCl)CCOCOCOCCC(CCCC)CCCCCCCCCCCl. The van der Waals surface area contributed by atoms with E-state index in [-0.39, 0.29) is 0 Å². The second-order valence-electron chi connectivity index (χ2n) is 12.5. The van der Waals surface area contributed by atoms with Crippen molar-refractivity contribution in [3.05, 3.63) is 0 Å². The van der Waals surface area contributed by atoms with Crippen molar-refractivity contribution >= 4 is 23.2 Å². The van der Waals surface area contributed by atoms with E-state index in [2.05, 4.69) is 13.8 Å². The normalized spacial score (nSPS) is 13.2. The van der Waals surface area contributed by atoms with Crippen LogP contribution in [0.2, 0.25) is 0 Å². The summed E-state index contributed by atoms with van der Waals surface area (Å²) < 4.78 is 17.2. The average Bonchev–Trinajstić information content (AvgIpc) is 2.98. The average molecular weight is 624 g/mol. The zero-order chi connectivity index (χ0) is 29.9. The molecule has 0 fully saturated rings. The molecule has 0 aromatic carbocycles. The van der Waals surface area contributed by atoms with Gasteiger partial charge in [-0.25, -0.2) is 0 Å². The summed E-state index contributed by atoms with van der Waals surface area (Å²) >= 11 is 11.5. The third-order valence-corrected chi connectivity index (χ3v) is 9.13. The quantitative estimate of drug-likeness (QED) is 0.0395. The van der Waals surface area contributed by atoms with Gasteiger partial charge in [0.1, 0.15) is 13.6 Å². The van der Waals surface area contributed by atoms with E-state index in [9.17, 15) is 0 Å². The van der Waals surface area contributed by atoms with Gasteiger partial charge in [-0.3, -0.25) is 0 Å². The standard InChI is InChI=1S/C36H72Cl2O3/c1-3-5-23-35(25-19-15-11-7-9-13-17-21-29-37)27-31-39-33-41-34-40-32-28-36(24-6-4-2)26-20-16-12-8-10-14-18-22-30-38/h35-36H,3-34H2,1-2H3. The molecule has 41 heavy (non-hydrogen) atoms. The lowest BCUT2D eigenvalue weighted by molar-refractivity contribution is -0.133. The largest absolute Gasteiger partial charge is 0.355 e. The Hall–Kier alpha value is 0.460. The number of hydrogen-bond acceptors (Lipinski definition) is 3. The highest BCUT2D eigenvalue weighted by Gasteiger charge is 2.10. The van der Waals surface area contributed by atoms with Gasteiger partial charge in [0.2, 0.25) is 0 Å². The van der Waals surface area contributed by atoms with Crippen LogP contribution in [0.3, 0.4) is 0 Å². The van der Waals surface area contributed by atoms with Crippen molar-refractivity contribution in [3.63, 3.8) is 0 Å². The van der Waals surface area contributed by atoms with Crippen LogP contribution in [0, 0.1) is 11.8 Å². The van der Waals surface area contributed by atoms with Crippen molar-refractivity contribution < 1.29 is 14.2 Å². The zero-order valence-electron chi connectivity index (χ0n) is 27.8. The van der Waals surface area contributed by atoms with Crippen molar-refractivity contribution in [3.8, 4) is 0 Å². The molecule has 0 radical (unpaired) electrons. The molecular formula is C36H72Cl2O3. The molecule has 0 aliphatic rings. The minimum Gasteiger partial charge on any atom is -0.355 e. The van der Waals surface area contributed by atoms with Crippen molar-refractivity contribution in [1.29, 1.82) is 0 Å². The highest BCUT2D eigenvalue weighted by molar-refractivity contribution is 6.18. The van der Waals surface area contributed by atoms with Crippen LogP contribution in [0.25, 0.3) is 0 Å². The smallest absolute Gasteiger partial charge is 0.149 e. The molecule has 2 atom stereocenters. The first kappa shape index (κ1) is 41.5. The van der Waals surface area contributed by atoms with Crippen LogP contribution in [0.15, 0.2) is 0 Å². The highest BCUT2D eigenvalue weighted by atomic mass is 35.5. The molecular weight excluding hydrogens is 551 g/mol. The fourth-order valence-electron chi connectivity index (χ4n) is 5.80. The number of unbranched alkanes of at least 4 members (excludes halogenated alkanes) is 16. The molecule has 248 valence electrons. The van der Waals surface area contributed by atoms with Gasteiger partial charge in [0.15, 0.2) is 0 Å². The van der Waals surface area contributed by atoms with Gasteiger partial charge in [-0.1, -0.05) is 155 Å². The van der Waals surface area contributed by atoms with E-state index < -0.39 is 0 Å². The molecule has 0 N–H and O–H groups in total. The number of hydrogen-bond donors (Lipinski definition) is 0. The summed E-state index contributed by atoms with van der Waals surface area (Å²) in [5, 5.41) is 0. The van der Waals surface area contributed by atoms with Crippen LogP contribution < -0.4 is 0 Å². The van der Waals surface area contributed by atoms with Gasteiger partial charge >= 0.3 is 0 Å². The van der Waals surface area contributed by atoms with Gasteiger partial charge in [-0.2, -0.15) is 0 Å². The summed E-state index contributed by atoms with van der Waals surface area (Å²) in [4.78, 5) is 0. The predicted molar refractivity (Wildman–Crippen MR) is 183 cm³/mol. The molecule has 0 aromatic heterocycles. The number of rotatable bonds is 36. The number of halogens is 2. The zero-order valence-corrected chi connectivity index (χ0v) is 29.3. The minimum absolute atomic E-state index is 0.357. The Kier molecular flexibility index (Phi) is 37.1. The molecule has 0 saturated carbocycles. The molecule has 0 aliphatic heterocycles. The van der Waals surface area contributed by atoms with Crippen LogP contribution >= 0.6 is 23.2 Å². The molecule has 0 aliphatic carbocycles. The maximum Gasteiger partial charge on any atom is 0.149 e. The maximum atomic E-state index is 5.81. The Morgan fingerprint density at radius 2 is 0.683 bits per heavy atom. The molecule has 3 nitrogen and oxygen atoms in total. The summed E-state index contributed by atoms with van der Waals surface area (Å²) in [6.45, 7) is 6.92. The highest BCUT2D eigenvalue weighted by Crippen LogP contribution is 2.22. The van der Waals surface area contributed by atoms with E-state index in [1.54, 1.807) is 0 Å². The van der Waals surface area contributed by atoms with E-state index >= 15 is 0 Å². The van der Waals surface area contributed by atoms with Crippen molar-refractivity contribution in [2.75, 3.05) is 38.6 Å². The van der Waals surface area contributed by atoms with Gasteiger partial charge in [-0.15, -0.1) is 23.2 Å². The van der Waals surface area contributed by atoms with E-state index in [0.29, 0.717) is 13.6 Å². The second-order valence-corrected chi connectivity index (χ2v) is 13.2. The lowest BCUT2D eigenvalue weighted by Crippen LogP contribution is -2.11. The lowest BCUT2D eigenvalue weighted by Gasteiger charge is -2.17. The van der Waals surface area contributed by atoms with Crippen LogP contribution in [-0.4, -0.2) is 38.6 Å². The summed E-state index contributed by atoms with van der Waals surface area (Å²) in [7, 11) is 0. The maximum absolute atomic E-state index is 5.81. The second kappa shape index (κ2) is 36.7. The van der Waals surface area contributed by atoms with Crippen LogP contribution in [0.1, 0.15) is 181 Å². The van der Waals surface area contributed by atoms with Gasteiger partial charge in [0.05, 0.1) is 0 Å². The van der Waals surface area contributed by atoms with Gasteiger partial charge < -0.3 is 14.2 Å². The van der Waals surface area contributed by atoms with Crippen molar-refractivity contribution in [1.82, 2.24) is 0 Å². The minimum atomic E-state index is 0.357. The first-order valence-corrected chi connectivity index (χ1v) is 19.2. The predicted octanol–water partition coefficient (Wildman–Crippen LogP) is 12.8. The van der Waals surface area contributed by atoms with E-state index in [0.717, 1.165) is 49.7 Å². The molecule has 0 rings (SSSR count). The molecule has 2 unspecified atom stereocenters. The topological polar surface area (TPSA) is 27.7 Å². The Bertz CT molecular complexity index is 426. The van der Waals surface area contributed by atoms with E-state index in [1.165, 1.54) is 154 Å². The third-order valence-electron chi connectivity index (χ3n) is 8.60. The summed E-state index contributed by atoms with van der Waals surface area (Å²) in [6, 6.07) is 0. The van der Waals surface area contributed by atoms with Gasteiger partial charge in [-0.05, 0) is 37.5 Å². The fraction of sp³-hybridized carbons (Fsp3) is 1.00. The van der Waals surface area contributed by atoms with Crippen LogP contribution in [0.5, 0.6) is 0 Å². The molecule has 0 bridgehead atoms. The monoisotopic (exact) mass is 622 g/mol. The number of ether oxygens (including phenoxy) is 3. The van der Waals surface area contributed by atoms with Crippen LogP contribution in [0.4, 0.5) is 0 Å². The summed E-state index contributed by atoms with van der Waals surface area (Å²) in [5.74, 6) is 3.24. The van der Waals surface area contributed by atoms with Gasteiger partial charge in [0, 0.05) is 25.0 Å². The van der Waals surface area contributed by atoms with Crippen LogP contribution in [-0.2, 0) is 14.2 Å². The van der Waals surface area contributed by atoms with Crippen molar-refractivity contribution in [2.45, 2.75) is 181 Å². The first-order valence-electron chi connectivity index (χ1n) is 18.1. The van der Waals surface area contributed by atoms with E-state index in [4.69, 9.17) is 37.4 Å². The molecule has 0 aromatic rings. The summed E-state index contributed by atoms with van der Waals surface area (Å²) in [5.41, 5.74) is 0. The molecule has 5 heteroatoms. The summed E-state index contributed by atoms with van der Waals surface area (Å²) in [6.07, 6.45) is 34.5. The third kappa shape index (κ3) is 33.2. The Labute approximate surface area is 267 Å². The Morgan fingerprint density at radius 3 is 1.02 bits per heavy atom. The first-order chi connectivity index (χ1) is 20.3. The molecule has 0 amide bonds. The van der Waals surface area contributed by atoms with E-state index in [1.807, 2.05) is 0 Å². The Morgan fingerprint density at radius 1 is 0.366 bits per heavy atom. The molecule has 0 heterocycles. The fourth-order valence-corrected chi connectivity index (χ4v) is 6.18. The Balaban J connectivity index is 3.77. The lowest BCUT2D eigenvalue weighted by atomic mass is 9.92. The molecule has 0 spiro atoms. The number of alkyl halides is 2. The van der Waals surface area contributed by atoms with Gasteiger partial charge in [0.25, 0.3) is 0 Å².